The first kappa shape index (κ1) is 11.9. The third kappa shape index (κ3) is 3.13. The predicted molar refractivity (Wildman–Crippen MR) is 58.1 cm³/mol. The molecule has 1 aromatic carbocycles. The highest BCUT2D eigenvalue weighted by atomic mass is 19.1. The Morgan fingerprint density at radius 3 is 2.73 bits per heavy atom. The summed E-state index contributed by atoms with van der Waals surface area (Å²) in [6.45, 7) is 3.56. The normalized spacial score (nSPS) is 12.5. The number of carbonyl (C=O) groups excluding carboxylic acids is 1. The molecule has 0 aliphatic heterocycles. The molecule has 1 aromatic rings. The van der Waals surface area contributed by atoms with Crippen molar-refractivity contribution in [2.45, 2.75) is 32.7 Å². The SMILES string of the molecule is CCC(N)C(=O)Cc1ccc(F)c(C)c1. The van der Waals surface area contributed by atoms with Crippen LogP contribution in [-0.2, 0) is 11.2 Å². The fourth-order valence-corrected chi connectivity index (χ4v) is 1.38. The van der Waals surface area contributed by atoms with Crippen LogP contribution in [0.5, 0.6) is 0 Å². The molecule has 0 aromatic heterocycles. The molecule has 82 valence electrons. The van der Waals surface area contributed by atoms with Gasteiger partial charge in [-0.15, -0.1) is 0 Å². The lowest BCUT2D eigenvalue weighted by Gasteiger charge is -2.08. The average Bonchev–Trinajstić information content (AvgIpc) is 2.22. The summed E-state index contributed by atoms with van der Waals surface area (Å²) in [5.74, 6) is -0.241. The molecule has 0 radical (unpaired) electrons. The minimum atomic E-state index is -0.407. The van der Waals surface area contributed by atoms with E-state index in [9.17, 15) is 9.18 Å². The van der Waals surface area contributed by atoms with E-state index in [0.29, 0.717) is 12.0 Å². The second-order valence-corrected chi connectivity index (χ2v) is 3.74. The number of nitrogens with two attached hydrogens (primary N) is 1. The number of rotatable bonds is 4. The maximum atomic E-state index is 13.0. The number of hydrogen-bond donors (Lipinski definition) is 1. The van der Waals surface area contributed by atoms with Gasteiger partial charge in [-0.05, 0) is 30.5 Å². The van der Waals surface area contributed by atoms with Gasteiger partial charge >= 0.3 is 0 Å². The van der Waals surface area contributed by atoms with Crippen LogP contribution < -0.4 is 5.73 Å². The molecule has 0 saturated heterocycles. The Labute approximate surface area is 89.3 Å². The summed E-state index contributed by atoms with van der Waals surface area (Å²) in [6.07, 6.45) is 0.926. The number of ketones is 1. The van der Waals surface area contributed by atoms with E-state index in [1.165, 1.54) is 6.07 Å². The number of carbonyl (C=O) groups is 1. The number of halogens is 1. The van der Waals surface area contributed by atoms with Crippen molar-refractivity contribution < 1.29 is 9.18 Å². The van der Waals surface area contributed by atoms with Crippen LogP contribution in [0.4, 0.5) is 4.39 Å². The summed E-state index contributed by atoms with van der Waals surface area (Å²) in [4.78, 5) is 11.5. The summed E-state index contributed by atoms with van der Waals surface area (Å²) in [7, 11) is 0. The first-order valence-corrected chi connectivity index (χ1v) is 5.08. The minimum absolute atomic E-state index is 0.00325. The molecular formula is C12H16FNO. The molecule has 0 fully saturated rings. The van der Waals surface area contributed by atoms with Crippen LogP contribution in [0.15, 0.2) is 18.2 Å². The number of aryl methyl sites for hydroxylation is 1. The van der Waals surface area contributed by atoms with Gasteiger partial charge < -0.3 is 5.73 Å². The van der Waals surface area contributed by atoms with Crippen LogP contribution >= 0.6 is 0 Å². The molecule has 0 aliphatic carbocycles. The molecule has 3 heteroatoms. The zero-order valence-electron chi connectivity index (χ0n) is 9.09. The molecule has 0 spiro atoms. The Morgan fingerprint density at radius 1 is 1.53 bits per heavy atom. The van der Waals surface area contributed by atoms with E-state index < -0.39 is 6.04 Å². The predicted octanol–water partition coefficient (Wildman–Crippen LogP) is 1.98. The summed E-state index contributed by atoms with van der Waals surface area (Å²) in [6, 6.07) is 4.29. The number of Topliss-reactive ketones (excluding diaryl/α,β-unsaturated/α-hetero) is 1. The average molecular weight is 209 g/mol. The van der Waals surface area contributed by atoms with Crippen LogP contribution in [0, 0.1) is 12.7 Å². The summed E-state index contributed by atoms with van der Waals surface area (Å²) < 4.78 is 13.0. The number of benzene rings is 1. The van der Waals surface area contributed by atoms with Crippen molar-refractivity contribution in [3.05, 3.63) is 35.1 Å². The second kappa shape index (κ2) is 5.03. The molecule has 0 bridgehead atoms. The highest BCUT2D eigenvalue weighted by Gasteiger charge is 2.12. The van der Waals surface area contributed by atoms with Crippen LogP contribution in [0.1, 0.15) is 24.5 Å². The van der Waals surface area contributed by atoms with Gasteiger partial charge in [0.05, 0.1) is 6.04 Å². The Kier molecular flexibility index (Phi) is 3.97. The zero-order valence-corrected chi connectivity index (χ0v) is 9.09. The number of hydrogen-bond acceptors (Lipinski definition) is 2. The van der Waals surface area contributed by atoms with Gasteiger partial charge in [-0.1, -0.05) is 19.1 Å². The van der Waals surface area contributed by atoms with Crippen LogP contribution in [0.2, 0.25) is 0 Å². The minimum Gasteiger partial charge on any atom is -0.322 e. The lowest BCUT2D eigenvalue weighted by molar-refractivity contribution is -0.119. The topological polar surface area (TPSA) is 43.1 Å². The summed E-state index contributed by atoms with van der Waals surface area (Å²) >= 11 is 0. The van der Waals surface area contributed by atoms with E-state index in [1.54, 1.807) is 19.1 Å². The van der Waals surface area contributed by atoms with Crippen LogP contribution in [0.25, 0.3) is 0 Å². The third-order valence-electron chi connectivity index (χ3n) is 2.45. The first-order chi connectivity index (χ1) is 7.04. The van der Waals surface area contributed by atoms with Crippen molar-refractivity contribution in [3.63, 3.8) is 0 Å². The summed E-state index contributed by atoms with van der Waals surface area (Å²) in [5.41, 5.74) is 6.99. The molecule has 1 rings (SSSR count). The molecule has 15 heavy (non-hydrogen) atoms. The maximum absolute atomic E-state index is 13.0. The Balaban J connectivity index is 2.73. The van der Waals surface area contributed by atoms with Gasteiger partial charge in [0.1, 0.15) is 5.82 Å². The van der Waals surface area contributed by atoms with Gasteiger partial charge in [-0.25, -0.2) is 4.39 Å². The molecule has 1 unspecified atom stereocenters. The molecule has 1 atom stereocenters. The molecule has 0 amide bonds. The van der Waals surface area contributed by atoms with E-state index in [-0.39, 0.29) is 18.0 Å². The van der Waals surface area contributed by atoms with Crippen LogP contribution in [-0.4, -0.2) is 11.8 Å². The molecule has 2 nitrogen and oxygen atoms in total. The molecule has 0 heterocycles. The van der Waals surface area contributed by atoms with Crippen molar-refractivity contribution in [3.8, 4) is 0 Å². The largest absolute Gasteiger partial charge is 0.322 e. The van der Waals surface area contributed by atoms with E-state index in [2.05, 4.69) is 0 Å². The maximum Gasteiger partial charge on any atom is 0.153 e. The summed E-state index contributed by atoms with van der Waals surface area (Å²) in [5, 5.41) is 0. The lowest BCUT2D eigenvalue weighted by Crippen LogP contribution is -2.30. The van der Waals surface area contributed by atoms with Gasteiger partial charge in [-0.2, -0.15) is 0 Å². The monoisotopic (exact) mass is 209 g/mol. The van der Waals surface area contributed by atoms with Gasteiger partial charge in [0, 0.05) is 6.42 Å². The Hall–Kier alpha value is -1.22. The molecule has 2 N–H and O–H groups in total. The first-order valence-electron chi connectivity index (χ1n) is 5.08. The zero-order chi connectivity index (χ0) is 11.4. The van der Waals surface area contributed by atoms with Crippen molar-refractivity contribution >= 4 is 5.78 Å². The van der Waals surface area contributed by atoms with Crippen molar-refractivity contribution in [2.75, 3.05) is 0 Å². The second-order valence-electron chi connectivity index (χ2n) is 3.74. The van der Waals surface area contributed by atoms with Gasteiger partial charge in [-0.3, -0.25) is 4.79 Å². The van der Waals surface area contributed by atoms with E-state index in [4.69, 9.17) is 5.73 Å². The quantitative estimate of drug-likeness (QED) is 0.824. The molecule has 0 saturated carbocycles. The van der Waals surface area contributed by atoms with Gasteiger partial charge in [0.15, 0.2) is 5.78 Å². The highest BCUT2D eigenvalue weighted by Crippen LogP contribution is 2.10. The molecule has 0 aliphatic rings. The van der Waals surface area contributed by atoms with Gasteiger partial charge in [0.25, 0.3) is 0 Å². The standard InChI is InChI=1S/C12H16FNO/c1-3-11(14)12(15)7-9-4-5-10(13)8(2)6-9/h4-6,11H,3,7,14H2,1-2H3. The smallest absolute Gasteiger partial charge is 0.153 e. The van der Waals surface area contributed by atoms with E-state index >= 15 is 0 Å². The van der Waals surface area contributed by atoms with E-state index in [1.807, 2.05) is 6.92 Å². The van der Waals surface area contributed by atoms with Crippen molar-refractivity contribution in [1.29, 1.82) is 0 Å². The van der Waals surface area contributed by atoms with E-state index in [0.717, 1.165) is 5.56 Å². The molecular weight excluding hydrogens is 193 g/mol. The Morgan fingerprint density at radius 2 is 2.20 bits per heavy atom. The highest BCUT2D eigenvalue weighted by molar-refractivity contribution is 5.85. The Bertz CT molecular complexity index is 363. The lowest BCUT2D eigenvalue weighted by atomic mass is 10.0. The fourth-order valence-electron chi connectivity index (χ4n) is 1.38. The van der Waals surface area contributed by atoms with Gasteiger partial charge in [0.2, 0.25) is 0 Å². The third-order valence-corrected chi connectivity index (χ3v) is 2.45. The van der Waals surface area contributed by atoms with Crippen molar-refractivity contribution in [2.24, 2.45) is 5.73 Å². The van der Waals surface area contributed by atoms with Crippen LogP contribution in [0.3, 0.4) is 0 Å². The fraction of sp³-hybridized carbons (Fsp3) is 0.417. The van der Waals surface area contributed by atoms with Crippen molar-refractivity contribution in [1.82, 2.24) is 0 Å².